The van der Waals surface area contributed by atoms with Gasteiger partial charge in [0.2, 0.25) is 5.16 Å². The number of nitrogens with one attached hydrogen (secondary N) is 1. The van der Waals surface area contributed by atoms with Crippen LogP contribution in [0.15, 0.2) is 52.1 Å². The second-order valence-electron chi connectivity index (χ2n) is 5.79. The van der Waals surface area contributed by atoms with E-state index in [9.17, 15) is 0 Å². The average Bonchev–Trinajstić information content (AvgIpc) is 3.07. The Morgan fingerprint density at radius 1 is 1.18 bits per heavy atom. The summed E-state index contributed by atoms with van der Waals surface area (Å²) in [6.07, 6.45) is 0. The first-order valence-corrected chi connectivity index (χ1v) is 10.5. The van der Waals surface area contributed by atoms with Crippen LogP contribution >= 0.6 is 51.7 Å². The van der Waals surface area contributed by atoms with Gasteiger partial charge < -0.3 is 10.1 Å². The predicted octanol–water partition coefficient (Wildman–Crippen LogP) is 4.51. The molecule has 2 aromatic carbocycles. The summed E-state index contributed by atoms with van der Waals surface area (Å²) in [4.78, 5) is 0. The lowest BCUT2D eigenvalue weighted by molar-refractivity contribution is 0.304. The number of thioether (sulfide) groups is 1. The highest BCUT2D eigenvalue weighted by Crippen LogP contribution is 2.27. The Hall–Kier alpha value is -1.32. The molecule has 0 saturated heterocycles. The van der Waals surface area contributed by atoms with Crippen LogP contribution in [0.25, 0.3) is 0 Å². The van der Waals surface area contributed by atoms with Crippen molar-refractivity contribution in [2.45, 2.75) is 18.3 Å². The van der Waals surface area contributed by atoms with Gasteiger partial charge in [-0.2, -0.15) is 0 Å². The zero-order chi connectivity index (χ0) is 19.1. The minimum absolute atomic E-state index is 0. The number of halogens is 3. The molecule has 150 valence electrons. The van der Waals surface area contributed by atoms with Gasteiger partial charge in [-0.3, -0.25) is 0 Å². The molecule has 1 heterocycles. The molecule has 0 fully saturated rings. The number of nitrogens with zero attached hydrogens (tertiary/aromatic N) is 4. The number of hydrogen-bond acceptors (Lipinski definition) is 6. The quantitative estimate of drug-likeness (QED) is 0.341. The van der Waals surface area contributed by atoms with Crippen molar-refractivity contribution in [3.8, 4) is 5.75 Å². The Labute approximate surface area is 187 Å². The number of ether oxygens (including phenoxy) is 1. The Balaban J connectivity index is 0.00000280. The van der Waals surface area contributed by atoms with Gasteiger partial charge in [0.05, 0.1) is 4.47 Å². The van der Waals surface area contributed by atoms with Crippen LogP contribution in [0.1, 0.15) is 11.1 Å². The van der Waals surface area contributed by atoms with E-state index in [1.54, 1.807) is 16.4 Å². The Morgan fingerprint density at radius 2 is 1.93 bits per heavy atom. The van der Waals surface area contributed by atoms with E-state index in [1.807, 2.05) is 37.4 Å². The molecule has 0 radical (unpaired) electrons. The first-order chi connectivity index (χ1) is 13.1. The molecule has 0 aliphatic carbocycles. The first kappa shape index (κ1) is 23.0. The van der Waals surface area contributed by atoms with Crippen molar-refractivity contribution >= 4 is 51.7 Å². The third-order valence-corrected chi connectivity index (χ3v) is 5.61. The number of rotatable bonds is 9. The van der Waals surface area contributed by atoms with E-state index in [4.69, 9.17) is 16.3 Å². The van der Waals surface area contributed by atoms with Crippen LogP contribution in [0.5, 0.6) is 5.75 Å². The molecule has 0 aliphatic rings. The zero-order valence-corrected chi connectivity index (χ0v) is 19.1. The molecule has 6 nitrogen and oxygen atoms in total. The maximum Gasteiger partial charge on any atom is 0.209 e. The molecule has 0 amide bonds. The maximum atomic E-state index is 5.90. The highest BCUT2D eigenvalue weighted by Gasteiger charge is 2.05. The molecular formula is C18H20BrCl2N5OS. The van der Waals surface area contributed by atoms with Crippen molar-refractivity contribution in [1.29, 1.82) is 0 Å². The number of aryl methyl sites for hydroxylation is 1. The van der Waals surface area contributed by atoms with Crippen molar-refractivity contribution in [2.75, 3.05) is 12.3 Å². The zero-order valence-electron chi connectivity index (χ0n) is 15.1. The lowest BCUT2D eigenvalue weighted by Gasteiger charge is -2.11. The topological polar surface area (TPSA) is 64.9 Å². The third-order valence-electron chi connectivity index (χ3n) is 3.72. The Kier molecular flexibility index (Phi) is 9.53. The number of hydrogen-bond donors (Lipinski definition) is 1. The van der Waals surface area contributed by atoms with Gasteiger partial charge in [0.15, 0.2) is 0 Å². The van der Waals surface area contributed by atoms with Gasteiger partial charge in [0.1, 0.15) is 12.4 Å². The summed E-state index contributed by atoms with van der Waals surface area (Å²) in [5.41, 5.74) is 2.26. The molecular weight excluding hydrogens is 485 g/mol. The fraction of sp³-hybridized carbons (Fsp3) is 0.278. The standard InChI is InChI=1S/C18H19BrClN5OS.ClH/c1-25-18(22-23-24-25)27-9-8-21-11-14-4-7-17(16(19)10-14)26-12-13-2-5-15(20)6-3-13;/h2-7,10,21H,8-9,11-12H2,1H3;1H. The molecule has 28 heavy (non-hydrogen) atoms. The van der Waals surface area contributed by atoms with E-state index in [-0.39, 0.29) is 12.4 Å². The molecule has 0 unspecified atom stereocenters. The normalized spacial score (nSPS) is 10.5. The van der Waals surface area contributed by atoms with Crippen molar-refractivity contribution in [3.63, 3.8) is 0 Å². The fourth-order valence-corrected chi connectivity index (χ4v) is 3.72. The van der Waals surface area contributed by atoms with E-state index < -0.39 is 0 Å². The van der Waals surface area contributed by atoms with Gasteiger partial charge in [0, 0.05) is 30.9 Å². The highest BCUT2D eigenvalue weighted by atomic mass is 79.9. The Morgan fingerprint density at radius 3 is 2.61 bits per heavy atom. The minimum Gasteiger partial charge on any atom is -0.488 e. The van der Waals surface area contributed by atoms with E-state index in [1.165, 1.54) is 5.56 Å². The summed E-state index contributed by atoms with van der Waals surface area (Å²) >= 11 is 11.1. The van der Waals surface area contributed by atoms with Crippen LogP contribution in [0, 0.1) is 0 Å². The number of tetrazole rings is 1. The van der Waals surface area contributed by atoms with Crippen LogP contribution < -0.4 is 10.1 Å². The van der Waals surface area contributed by atoms with Gasteiger partial charge in [-0.1, -0.05) is 41.6 Å². The molecule has 1 aromatic heterocycles. The number of benzene rings is 2. The van der Waals surface area contributed by atoms with Gasteiger partial charge >= 0.3 is 0 Å². The van der Waals surface area contributed by atoms with Crippen LogP contribution in [0.2, 0.25) is 5.02 Å². The summed E-state index contributed by atoms with van der Waals surface area (Å²) in [6.45, 7) is 2.15. The lowest BCUT2D eigenvalue weighted by Crippen LogP contribution is -2.16. The smallest absolute Gasteiger partial charge is 0.209 e. The summed E-state index contributed by atoms with van der Waals surface area (Å²) in [6, 6.07) is 13.8. The van der Waals surface area contributed by atoms with Gasteiger partial charge in [-0.25, -0.2) is 4.68 Å². The van der Waals surface area contributed by atoms with Crippen molar-refractivity contribution < 1.29 is 4.74 Å². The van der Waals surface area contributed by atoms with E-state index in [0.717, 1.165) is 44.8 Å². The van der Waals surface area contributed by atoms with Crippen molar-refractivity contribution in [3.05, 3.63) is 63.1 Å². The molecule has 0 atom stereocenters. The van der Waals surface area contributed by atoms with E-state index >= 15 is 0 Å². The van der Waals surface area contributed by atoms with Crippen LogP contribution in [0.4, 0.5) is 0 Å². The minimum atomic E-state index is 0. The fourth-order valence-electron chi connectivity index (χ4n) is 2.30. The molecule has 1 N–H and O–H groups in total. The lowest BCUT2D eigenvalue weighted by atomic mass is 10.2. The third kappa shape index (κ3) is 6.93. The second kappa shape index (κ2) is 11.6. The molecule has 0 saturated carbocycles. The molecule has 0 aliphatic heterocycles. The summed E-state index contributed by atoms with van der Waals surface area (Å²) < 4.78 is 8.49. The van der Waals surface area contributed by atoms with Crippen LogP contribution in [0.3, 0.4) is 0 Å². The summed E-state index contributed by atoms with van der Waals surface area (Å²) in [5.74, 6) is 1.72. The highest BCUT2D eigenvalue weighted by molar-refractivity contribution is 9.10. The van der Waals surface area contributed by atoms with Crippen LogP contribution in [-0.2, 0) is 20.2 Å². The van der Waals surface area contributed by atoms with E-state index in [0.29, 0.717) is 6.61 Å². The van der Waals surface area contributed by atoms with Gasteiger partial charge in [-0.05, 0) is 61.7 Å². The van der Waals surface area contributed by atoms with Gasteiger partial charge in [-0.15, -0.1) is 17.5 Å². The molecule has 0 spiro atoms. The molecule has 10 heteroatoms. The number of aromatic nitrogens is 4. The van der Waals surface area contributed by atoms with Crippen molar-refractivity contribution in [2.24, 2.45) is 7.05 Å². The molecule has 3 rings (SSSR count). The maximum absolute atomic E-state index is 5.90. The summed E-state index contributed by atoms with van der Waals surface area (Å²) in [7, 11) is 1.84. The molecule has 0 bridgehead atoms. The van der Waals surface area contributed by atoms with Crippen LogP contribution in [-0.4, -0.2) is 32.5 Å². The monoisotopic (exact) mass is 503 g/mol. The second-order valence-corrected chi connectivity index (χ2v) is 8.14. The average molecular weight is 505 g/mol. The molecule has 3 aromatic rings. The first-order valence-electron chi connectivity index (χ1n) is 8.33. The largest absolute Gasteiger partial charge is 0.488 e. The van der Waals surface area contributed by atoms with Gasteiger partial charge in [0.25, 0.3) is 0 Å². The predicted molar refractivity (Wildman–Crippen MR) is 118 cm³/mol. The Bertz CT molecular complexity index is 879. The van der Waals surface area contributed by atoms with Crippen molar-refractivity contribution in [1.82, 2.24) is 25.5 Å². The SMILES string of the molecule is Cl.Cn1nnnc1SCCNCc1ccc(OCc2ccc(Cl)cc2)c(Br)c1. The van der Waals surface area contributed by atoms with E-state index in [2.05, 4.69) is 48.9 Å². The summed E-state index contributed by atoms with van der Waals surface area (Å²) in [5, 5.41) is 16.3.